The first-order valence-electron chi connectivity index (χ1n) is 10.5. The van der Waals surface area contributed by atoms with Crippen molar-refractivity contribution in [1.29, 1.82) is 0 Å². The summed E-state index contributed by atoms with van der Waals surface area (Å²) < 4.78 is 7.41. The van der Waals surface area contributed by atoms with Crippen LogP contribution >= 0.6 is 0 Å². The molecule has 0 saturated carbocycles. The van der Waals surface area contributed by atoms with Gasteiger partial charge in [0.1, 0.15) is 11.1 Å². The fourth-order valence-corrected chi connectivity index (χ4v) is 3.43. The molecule has 2 heterocycles. The Hall–Kier alpha value is -2.89. The van der Waals surface area contributed by atoms with Crippen LogP contribution in [0.15, 0.2) is 53.7 Å². The van der Waals surface area contributed by atoms with E-state index < -0.39 is 5.60 Å². The Kier molecular flexibility index (Phi) is 6.75. The lowest BCUT2D eigenvalue weighted by molar-refractivity contribution is -0.123. The van der Waals surface area contributed by atoms with E-state index in [4.69, 9.17) is 4.74 Å². The van der Waals surface area contributed by atoms with Crippen LogP contribution in [-0.4, -0.2) is 40.2 Å². The van der Waals surface area contributed by atoms with E-state index in [-0.39, 0.29) is 17.9 Å². The van der Waals surface area contributed by atoms with Gasteiger partial charge in [0, 0.05) is 31.7 Å². The number of hydrogen-bond acceptors (Lipinski definition) is 3. The van der Waals surface area contributed by atoms with Gasteiger partial charge in [0.05, 0.1) is 0 Å². The lowest BCUT2D eigenvalue weighted by Gasteiger charge is -2.32. The standard InChI is InChI=1S/C24H31N3O3/c1-18-8-10-19(11-9-18)17-27-14-6-5-7-21(27)25-22(28)20-12-15-26(16-13-20)23(29)30-24(2,3)4/h5-11,14,20H,12-13,15-17H2,1-4H3. The topological polar surface area (TPSA) is 63.9 Å². The molecule has 3 rings (SSSR count). The van der Waals surface area contributed by atoms with Crippen LogP contribution in [0.3, 0.4) is 0 Å². The van der Waals surface area contributed by atoms with Crippen LogP contribution in [0.4, 0.5) is 4.79 Å². The van der Waals surface area contributed by atoms with E-state index >= 15 is 0 Å². The zero-order chi connectivity index (χ0) is 21.7. The highest BCUT2D eigenvalue weighted by molar-refractivity contribution is 5.80. The third-order valence-corrected chi connectivity index (χ3v) is 5.11. The van der Waals surface area contributed by atoms with Gasteiger partial charge in [-0.1, -0.05) is 35.9 Å². The Balaban J connectivity index is 1.66. The van der Waals surface area contributed by atoms with E-state index in [1.165, 1.54) is 5.56 Å². The van der Waals surface area contributed by atoms with Crippen molar-refractivity contribution in [1.82, 2.24) is 9.47 Å². The maximum atomic E-state index is 12.8. The Morgan fingerprint density at radius 3 is 2.37 bits per heavy atom. The molecule has 1 aliphatic heterocycles. The SMILES string of the molecule is Cc1ccc(Cn2ccccc2=NC(=O)C2CCN(C(=O)OC(C)(C)C)CC2)cc1. The number of pyridine rings is 1. The maximum absolute atomic E-state index is 12.8. The normalized spacial score (nSPS) is 15.9. The van der Waals surface area contributed by atoms with Gasteiger partial charge in [-0.25, -0.2) is 4.79 Å². The number of rotatable bonds is 3. The molecular formula is C24H31N3O3. The van der Waals surface area contributed by atoms with Crippen molar-refractivity contribution < 1.29 is 14.3 Å². The predicted octanol–water partition coefficient (Wildman–Crippen LogP) is 3.92. The van der Waals surface area contributed by atoms with Crippen molar-refractivity contribution in [2.45, 2.75) is 52.7 Å². The summed E-state index contributed by atoms with van der Waals surface area (Å²) in [6.45, 7) is 9.30. The molecular weight excluding hydrogens is 378 g/mol. The monoisotopic (exact) mass is 409 g/mol. The molecule has 1 aromatic heterocycles. The summed E-state index contributed by atoms with van der Waals surface area (Å²) in [4.78, 5) is 31.1. The van der Waals surface area contributed by atoms with Gasteiger partial charge < -0.3 is 14.2 Å². The van der Waals surface area contributed by atoms with Crippen LogP contribution in [0.5, 0.6) is 0 Å². The molecule has 0 spiro atoms. The van der Waals surface area contributed by atoms with Crippen LogP contribution < -0.4 is 5.49 Å². The Morgan fingerprint density at radius 1 is 1.07 bits per heavy atom. The van der Waals surface area contributed by atoms with Crippen LogP contribution in [0.1, 0.15) is 44.7 Å². The molecule has 2 amide bonds. The molecule has 160 valence electrons. The second kappa shape index (κ2) is 9.28. The van der Waals surface area contributed by atoms with Gasteiger partial charge in [-0.15, -0.1) is 0 Å². The number of benzene rings is 1. The summed E-state index contributed by atoms with van der Waals surface area (Å²) in [6, 6.07) is 14.0. The number of hydrogen-bond donors (Lipinski definition) is 0. The molecule has 0 unspecified atom stereocenters. The molecule has 0 aliphatic carbocycles. The fraction of sp³-hybridized carbons (Fsp3) is 0.458. The summed E-state index contributed by atoms with van der Waals surface area (Å²) >= 11 is 0. The van der Waals surface area contributed by atoms with Gasteiger partial charge >= 0.3 is 6.09 Å². The molecule has 6 nitrogen and oxygen atoms in total. The first kappa shape index (κ1) is 21.8. The Morgan fingerprint density at radius 2 is 1.73 bits per heavy atom. The van der Waals surface area contributed by atoms with Gasteiger partial charge in [0.2, 0.25) is 0 Å². The third kappa shape index (κ3) is 6.05. The van der Waals surface area contributed by atoms with Gasteiger partial charge in [0.25, 0.3) is 5.91 Å². The lowest BCUT2D eigenvalue weighted by atomic mass is 9.96. The quantitative estimate of drug-likeness (QED) is 0.772. The van der Waals surface area contributed by atoms with Crippen molar-refractivity contribution >= 4 is 12.0 Å². The average molecular weight is 410 g/mol. The van der Waals surface area contributed by atoms with E-state index in [1.54, 1.807) is 4.90 Å². The summed E-state index contributed by atoms with van der Waals surface area (Å²) in [5, 5.41) is 0. The van der Waals surface area contributed by atoms with Crippen molar-refractivity contribution in [3.8, 4) is 0 Å². The van der Waals surface area contributed by atoms with Crippen molar-refractivity contribution in [2.75, 3.05) is 13.1 Å². The minimum Gasteiger partial charge on any atom is -0.444 e. The molecule has 6 heteroatoms. The van der Waals surface area contributed by atoms with E-state index in [0.717, 1.165) is 5.56 Å². The molecule has 0 N–H and O–H groups in total. The van der Waals surface area contributed by atoms with E-state index in [9.17, 15) is 9.59 Å². The highest BCUT2D eigenvalue weighted by atomic mass is 16.6. The molecule has 1 aromatic carbocycles. The Labute approximate surface area is 178 Å². The molecule has 0 atom stereocenters. The number of aryl methyl sites for hydroxylation is 1. The van der Waals surface area contributed by atoms with Crippen LogP contribution in [0.25, 0.3) is 0 Å². The largest absolute Gasteiger partial charge is 0.444 e. The summed E-state index contributed by atoms with van der Waals surface area (Å²) in [5.74, 6) is -0.292. The van der Waals surface area contributed by atoms with Crippen LogP contribution in [-0.2, 0) is 16.1 Å². The molecule has 0 bridgehead atoms. The van der Waals surface area contributed by atoms with Gasteiger partial charge in [-0.05, 0) is 58.2 Å². The fourth-order valence-electron chi connectivity index (χ4n) is 3.43. The summed E-state index contributed by atoms with van der Waals surface area (Å²) in [6.07, 6.45) is 2.83. The average Bonchev–Trinajstić information content (AvgIpc) is 2.70. The highest BCUT2D eigenvalue weighted by Crippen LogP contribution is 2.20. The maximum Gasteiger partial charge on any atom is 0.410 e. The number of amides is 2. The first-order chi connectivity index (χ1) is 14.2. The van der Waals surface area contributed by atoms with Crippen LogP contribution in [0.2, 0.25) is 0 Å². The number of nitrogens with zero attached hydrogens (tertiary/aromatic N) is 3. The molecule has 0 radical (unpaired) electrons. The zero-order valence-electron chi connectivity index (χ0n) is 18.3. The van der Waals surface area contributed by atoms with Gasteiger partial charge in [-0.3, -0.25) is 4.79 Å². The summed E-state index contributed by atoms with van der Waals surface area (Å²) in [5.41, 5.74) is 2.51. The molecule has 1 fully saturated rings. The van der Waals surface area contributed by atoms with E-state index in [2.05, 4.69) is 36.2 Å². The molecule has 30 heavy (non-hydrogen) atoms. The number of aromatic nitrogens is 1. The third-order valence-electron chi connectivity index (χ3n) is 5.11. The summed E-state index contributed by atoms with van der Waals surface area (Å²) in [7, 11) is 0. The Bertz CT molecular complexity index is 947. The number of carbonyl (C=O) groups excluding carboxylic acids is 2. The van der Waals surface area contributed by atoms with Crippen LogP contribution in [0, 0.1) is 12.8 Å². The lowest BCUT2D eigenvalue weighted by Crippen LogP contribution is -2.43. The highest BCUT2D eigenvalue weighted by Gasteiger charge is 2.29. The smallest absolute Gasteiger partial charge is 0.410 e. The minimum absolute atomic E-state index is 0.123. The number of likely N-dealkylation sites (tertiary alicyclic amines) is 1. The second-order valence-corrected chi connectivity index (χ2v) is 8.86. The molecule has 2 aromatic rings. The molecule has 1 saturated heterocycles. The van der Waals surface area contributed by atoms with Gasteiger partial charge in [0.15, 0.2) is 0 Å². The van der Waals surface area contributed by atoms with E-state index in [0.29, 0.717) is 38.0 Å². The van der Waals surface area contributed by atoms with Crippen molar-refractivity contribution in [3.63, 3.8) is 0 Å². The number of piperidine rings is 1. The predicted molar refractivity (Wildman–Crippen MR) is 116 cm³/mol. The zero-order valence-corrected chi connectivity index (χ0v) is 18.3. The molecule has 1 aliphatic rings. The van der Waals surface area contributed by atoms with Crippen molar-refractivity contribution in [2.24, 2.45) is 10.9 Å². The number of carbonyl (C=O) groups is 2. The van der Waals surface area contributed by atoms with E-state index in [1.807, 2.05) is 49.7 Å². The minimum atomic E-state index is -0.516. The van der Waals surface area contributed by atoms with Crippen molar-refractivity contribution in [3.05, 3.63) is 65.3 Å². The van der Waals surface area contributed by atoms with Gasteiger partial charge in [-0.2, -0.15) is 4.99 Å². The second-order valence-electron chi connectivity index (χ2n) is 8.86. The first-order valence-corrected chi connectivity index (χ1v) is 10.5. The number of ether oxygens (including phenoxy) is 1.